The predicted molar refractivity (Wildman–Crippen MR) is 87.4 cm³/mol. The molecule has 0 aliphatic carbocycles. The Balaban J connectivity index is 1.78. The number of benzene rings is 2. The van der Waals surface area contributed by atoms with Crippen molar-refractivity contribution in [2.45, 2.75) is 12.7 Å². The second-order valence-corrected chi connectivity index (χ2v) is 5.96. The zero-order chi connectivity index (χ0) is 14.4. The summed E-state index contributed by atoms with van der Waals surface area (Å²) in [5.41, 5.74) is 3.11. The molecule has 0 atom stereocenters. The van der Waals surface area contributed by atoms with Crippen LogP contribution in [0.5, 0.6) is 0 Å². The van der Waals surface area contributed by atoms with Crippen molar-refractivity contribution in [3.63, 3.8) is 0 Å². The smallest absolute Gasteiger partial charge is 0.234 e. The Kier molecular flexibility index (Phi) is 5.50. The molecule has 0 bridgehead atoms. The Labute approximate surface area is 128 Å². The molecule has 0 fully saturated rings. The molecule has 0 spiro atoms. The van der Waals surface area contributed by atoms with Gasteiger partial charge < -0.3 is 5.32 Å². The van der Waals surface area contributed by atoms with Crippen LogP contribution in [0.25, 0.3) is 0 Å². The number of anilines is 1. The lowest BCUT2D eigenvalue weighted by Gasteiger charge is -2.06. The summed E-state index contributed by atoms with van der Waals surface area (Å²) < 4.78 is 0. The first-order valence-electron chi connectivity index (χ1n) is 6.32. The molecule has 2 aromatic carbocycles. The third-order valence-electron chi connectivity index (χ3n) is 2.69. The Hall–Kier alpha value is -1.45. The van der Waals surface area contributed by atoms with Crippen LogP contribution < -0.4 is 5.32 Å². The number of aryl methyl sites for hydroxylation is 1. The van der Waals surface area contributed by atoms with Gasteiger partial charge in [0, 0.05) is 16.5 Å². The number of thioether (sulfide) groups is 1. The zero-order valence-electron chi connectivity index (χ0n) is 11.2. The minimum atomic E-state index is 0.0163. The van der Waals surface area contributed by atoms with Crippen LogP contribution in [0.4, 0.5) is 5.69 Å². The number of rotatable bonds is 5. The van der Waals surface area contributed by atoms with Crippen LogP contribution >= 0.6 is 23.4 Å². The molecule has 0 aliphatic heterocycles. The molecule has 4 heteroatoms. The minimum Gasteiger partial charge on any atom is -0.325 e. The first-order valence-corrected chi connectivity index (χ1v) is 7.85. The summed E-state index contributed by atoms with van der Waals surface area (Å²) in [6, 6.07) is 15.5. The molecule has 0 aromatic heterocycles. The van der Waals surface area contributed by atoms with Crippen LogP contribution in [0.15, 0.2) is 48.5 Å². The van der Waals surface area contributed by atoms with Crippen molar-refractivity contribution >= 4 is 35.0 Å². The number of carbonyl (C=O) groups is 1. The Bertz CT molecular complexity index is 601. The van der Waals surface area contributed by atoms with Gasteiger partial charge in [-0.05, 0) is 42.3 Å². The fourth-order valence-corrected chi connectivity index (χ4v) is 2.80. The molecular weight excluding hydrogens is 290 g/mol. The number of carbonyl (C=O) groups excluding carboxylic acids is 1. The number of halogens is 1. The summed E-state index contributed by atoms with van der Waals surface area (Å²) in [5, 5.41) is 3.62. The van der Waals surface area contributed by atoms with Gasteiger partial charge in [-0.1, -0.05) is 35.9 Å². The van der Waals surface area contributed by atoms with Crippen molar-refractivity contribution in [2.24, 2.45) is 0 Å². The monoisotopic (exact) mass is 305 g/mol. The van der Waals surface area contributed by atoms with Crippen LogP contribution in [0, 0.1) is 6.92 Å². The average molecular weight is 306 g/mol. The highest BCUT2D eigenvalue weighted by molar-refractivity contribution is 7.99. The summed E-state index contributed by atoms with van der Waals surface area (Å²) in [5.74, 6) is 1.23. The second-order valence-electron chi connectivity index (χ2n) is 4.54. The normalized spacial score (nSPS) is 10.3. The van der Waals surface area contributed by atoms with Gasteiger partial charge in [0.15, 0.2) is 0 Å². The van der Waals surface area contributed by atoms with Crippen molar-refractivity contribution in [2.75, 3.05) is 11.1 Å². The maximum atomic E-state index is 11.8. The third-order valence-corrected chi connectivity index (χ3v) is 3.93. The second kappa shape index (κ2) is 7.36. The summed E-state index contributed by atoms with van der Waals surface area (Å²) in [6.45, 7) is 2.00. The molecule has 2 aromatic rings. The van der Waals surface area contributed by atoms with Gasteiger partial charge in [-0.15, -0.1) is 11.8 Å². The van der Waals surface area contributed by atoms with Crippen molar-refractivity contribution in [3.8, 4) is 0 Å². The first kappa shape index (κ1) is 14.9. The fourth-order valence-electron chi connectivity index (χ4n) is 1.81. The molecule has 0 aliphatic rings. The van der Waals surface area contributed by atoms with Crippen molar-refractivity contribution < 1.29 is 4.79 Å². The highest BCUT2D eigenvalue weighted by Gasteiger charge is 2.03. The Morgan fingerprint density at radius 1 is 1.20 bits per heavy atom. The number of hydrogen-bond acceptors (Lipinski definition) is 2. The van der Waals surface area contributed by atoms with E-state index in [-0.39, 0.29) is 5.91 Å². The highest BCUT2D eigenvalue weighted by Crippen LogP contribution is 2.17. The Morgan fingerprint density at radius 2 is 2.00 bits per heavy atom. The molecule has 1 amide bonds. The van der Waals surface area contributed by atoms with Crippen molar-refractivity contribution in [1.29, 1.82) is 0 Å². The number of amides is 1. The Morgan fingerprint density at radius 3 is 2.75 bits per heavy atom. The van der Waals surface area contributed by atoms with Crippen LogP contribution in [0.1, 0.15) is 11.1 Å². The summed E-state index contributed by atoms with van der Waals surface area (Å²) >= 11 is 7.50. The molecule has 0 saturated carbocycles. The van der Waals surface area contributed by atoms with E-state index in [0.717, 1.165) is 27.6 Å². The van der Waals surface area contributed by atoms with E-state index in [9.17, 15) is 4.79 Å². The zero-order valence-corrected chi connectivity index (χ0v) is 12.8. The van der Waals surface area contributed by atoms with Gasteiger partial charge in [0.25, 0.3) is 0 Å². The van der Waals surface area contributed by atoms with Crippen molar-refractivity contribution in [3.05, 3.63) is 64.7 Å². The minimum absolute atomic E-state index is 0.0163. The van der Waals surface area contributed by atoms with Gasteiger partial charge in [0.05, 0.1) is 5.75 Å². The molecule has 0 saturated heterocycles. The van der Waals surface area contributed by atoms with Crippen molar-refractivity contribution in [1.82, 2.24) is 0 Å². The molecule has 104 valence electrons. The van der Waals surface area contributed by atoms with Crippen LogP contribution in [0.2, 0.25) is 5.02 Å². The molecule has 0 radical (unpaired) electrons. The average Bonchev–Trinajstić information content (AvgIpc) is 2.38. The van der Waals surface area contributed by atoms with Gasteiger partial charge in [-0.25, -0.2) is 0 Å². The molecule has 1 N–H and O–H groups in total. The summed E-state index contributed by atoms with van der Waals surface area (Å²) in [4.78, 5) is 11.8. The molecule has 0 unspecified atom stereocenters. The third kappa shape index (κ3) is 4.91. The van der Waals surface area contributed by atoms with Crippen LogP contribution in [-0.4, -0.2) is 11.7 Å². The highest BCUT2D eigenvalue weighted by atomic mass is 35.5. The fraction of sp³-hybridized carbons (Fsp3) is 0.188. The number of hydrogen-bond donors (Lipinski definition) is 1. The lowest BCUT2D eigenvalue weighted by Crippen LogP contribution is -2.14. The van der Waals surface area contributed by atoms with E-state index in [1.54, 1.807) is 11.8 Å². The van der Waals surface area contributed by atoms with E-state index in [0.29, 0.717) is 5.75 Å². The summed E-state index contributed by atoms with van der Waals surface area (Å²) in [7, 11) is 0. The van der Waals surface area contributed by atoms with E-state index >= 15 is 0 Å². The molecular formula is C16H16ClNOS. The maximum absolute atomic E-state index is 11.8. The molecule has 20 heavy (non-hydrogen) atoms. The topological polar surface area (TPSA) is 29.1 Å². The quantitative estimate of drug-likeness (QED) is 0.880. The van der Waals surface area contributed by atoms with E-state index in [1.807, 2.05) is 55.5 Å². The number of nitrogens with one attached hydrogen (secondary N) is 1. The van der Waals surface area contributed by atoms with E-state index in [2.05, 4.69) is 5.32 Å². The van der Waals surface area contributed by atoms with E-state index in [4.69, 9.17) is 11.6 Å². The van der Waals surface area contributed by atoms with E-state index < -0.39 is 0 Å². The van der Waals surface area contributed by atoms with Gasteiger partial charge in [0.1, 0.15) is 0 Å². The van der Waals surface area contributed by atoms with Crippen LogP contribution in [0.3, 0.4) is 0 Å². The molecule has 2 nitrogen and oxygen atoms in total. The van der Waals surface area contributed by atoms with Gasteiger partial charge in [-0.2, -0.15) is 0 Å². The lowest BCUT2D eigenvalue weighted by molar-refractivity contribution is -0.113. The standard InChI is InChI=1S/C16H16ClNOS/c1-12-4-2-7-15(8-12)18-16(19)11-20-10-13-5-3-6-14(17)9-13/h2-9H,10-11H2,1H3,(H,18,19). The lowest BCUT2D eigenvalue weighted by atomic mass is 10.2. The predicted octanol–water partition coefficient (Wildman–Crippen LogP) is 4.52. The first-order chi connectivity index (χ1) is 9.63. The van der Waals surface area contributed by atoms with Gasteiger partial charge in [0.2, 0.25) is 5.91 Å². The SMILES string of the molecule is Cc1cccc(NC(=O)CSCc2cccc(Cl)c2)c1. The largest absolute Gasteiger partial charge is 0.325 e. The van der Waals surface area contributed by atoms with Gasteiger partial charge >= 0.3 is 0 Å². The molecule has 2 rings (SSSR count). The molecule has 0 heterocycles. The summed E-state index contributed by atoms with van der Waals surface area (Å²) in [6.07, 6.45) is 0. The van der Waals surface area contributed by atoms with Crippen LogP contribution in [-0.2, 0) is 10.5 Å². The maximum Gasteiger partial charge on any atom is 0.234 e. The van der Waals surface area contributed by atoms with E-state index in [1.165, 1.54) is 0 Å². The van der Waals surface area contributed by atoms with Gasteiger partial charge in [-0.3, -0.25) is 4.79 Å².